The van der Waals surface area contributed by atoms with Gasteiger partial charge in [-0.05, 0) is 37.6 Å². The first-order valence-corrected chi connectivity index (χ1v) is 8.57. The Kier molecular flexibility index (Phi) is 7.28. The standard InChI is InChI=1S/C18H24N4O4/c1-3-26-10-4-9-21(11-14(2)18(24)25)17(23)15-5-7-16(8-6-15)22-12-19-20-13-22/h5-8,12-14H,3-4,9-11H2,1-2H3,(H,24,25). The fourth-order valence-corrected chi connectivity index (χ4v) is 2.48. The van der Waals surface area contributed by atoms with Crippen molar-refractivity contribution in [3.63, 3.8) is 0 Å². The molecule has 1 heterocycles. The van der Waals surface area contributed by atoms with Gasteiger partial charge in [-0.25, -0.2) is 0 Å². The van der Waals surface area contributed by atoms with Gasteiger partial charge < -0.3 is 14.7 Å². The van der Waals surface area contributed by atoms with E-state index >= 15 is 0 Å². The molecule has 1 atom stereocenters. The second kappa shape index (κ2) is 9.67. The van der Waals surface area contributed by atoms with Crippen LogP contribution in [0.4, 0.5) is 0 Å². The summed E-state index contributed by atoms with van der Waals surface area (Å²) < 4.78 is 7.05. The van der Waals surface area contributed by atoms with Gasteiger partial charge in [-0.1, -0.05) is 6.92 Å². The third kappa shape index (κ3) is 5.38. The Balaban J connectivity index is 2.09. The van der Waals surface area contributed by atoms with Crippen LogP contribution in [-0.4, -0.2) is 63.0 Å². The molecule has 0 aliphatic rings. The Bertz CT molecular complexity index is 700. The summed E-state index contributed by atoms with van der Waals surface area (Å²) in [5, 5.41) is 16.7. The molecule has 0 fully saturated rings. The smallest absolute Gasteiger partial charge is 0.308 e. The van der Waals surface area contributed by atoms with E-state index < -0.39 is 11.9 Å². The molecule has 1 unspecified atom stereocenters. The number of hydrogen-bond donors (Lipinski definition) is 1. The molecule has 1 N–H and O–H groups in total. The fraction of sp³-hybridized carbons (Fsp3) is 0.444. The molecule has 140 valence electrons. The quantitative estimate of drug-likeness (QED) is 0.650. The van der Waals surface area contributed by atoms with Gasteiger partial charge in [-0.15, -0.1) is 10.2 Å². The fourth-order valence-electron chi connectivity index (χ4n) is 2.48. The van der Waals surface area contributed by atoms with Crippen LogP contribution in [0, 0.1) is 5.92 Å². The lowest BCUT2D eigenvalue weighted by Gasteiger charge is -2.24. The minimum Gasteiger partial charge on any atom is -0.481 e. The lowest BCUT2D eigenvalue weighted by Crippen LogP contribution is -2.38. The third-order valence-electron chi connectivity index (χ3n) is 3.96. The van der Waals surface area contributed by atoms with Crippen molar-refractivity contribution in [3.05, 3.63) is 42.5 Å². The van der Waals surface area contributed by atoms with Gasteiger partial charge >= 0.3 is 5.97 Å². The summed E-state index contributed by atoms with van der Waals surface area (Å²) in [7, 11) is 0. The Labute approximate surface area is 152 Å². The number of carbonyl (C=O) groups is 2. The largest absolute Gasteiger partial charge is 0.481 e. The number of hydrogen-bond acceptors (Lipinski definition) is 5. The van der Waals surface area contributed by atoms with E-state index in [4.69, 9.17) is 9.84 Å². The molecule has 1 aromatic heterocycles. The maximum atomic E-state index is 12.8. The molecular formula is C18H24N4O4. The summed E-state index contributed by atoms with van der Waals surface area (Å²) in [5.74, 6) is -1.75. The maximum Gasteiger partial charge on any atom is 0.308 e. The van der Waals surface area contributed by atoms with Gasteiger partial charge in [0, 0.05) is 37.6 Å². The number of amides is 1. The van der Waals surface area contributed by atoms with Gasteiger partial charge in [-0.2, -0.15) is 0 Å². The predicted octanol–water partition coefficient (Wildman–Crippen LogP) is 1.86. The highest BCUT2D eigenvalue weighted by Gasteiger charge is 2.21. The van der Waals surface area contributed by atoms with Crippen LogP contribution in [0.3, 0.4) is 0 Å². The molecule has 1 aromatic carbocycles. The van der Waals surface area contributed by atoms with Crippen molar-refractivity contribution < 1.29 is 19.4 Å². The van der Waals surface area contributed by atoms with Crippen molar-refractivity contribution in [1.29, 1.82) is 0 Å². The first-order valence-electron chi connectivity index (χ1n) is 8.57. The maximum absolute atomic E-state index is 12.8. The second-order valence-corrected chi connectivity index (χ2v) is 5.96. The number of nitrogens with zero attached hydrogens (tertiary/aromatic N) is 4. The van der Waals surface area contributed by atoms with E-state index in [1.807, 2.05) is 6.92 Å². The number of benzene rings is 1. The predicted molar refractivity (Wildman–Crippen MR) is 95.2 cm³/mol. The van der Waals surface area contributed by atoms with Crippen LogP contribution >= 0.6 is 0 Å². The molecule has 0 saturated heterocycles. The zero-order valence-electron chi connectivity index (χ0n) is 15.0. The highest BCUT2D eigenvalue weighted by Crippen LogP contribution is 2.13. The minimum absolute atomic E-state index is 0.160. The van der Waals surface area contributed by atoms with Gasteiger partial charge in [-0.3, -0.25) is 14.2 Å². The molecular weight excluding hydrogens is 336 g/mol. The van der Waals surface area contributed by atoms with E-state index in [1.165, 1.54) is 0 Å². The Hall–Kier alpha value is -2.74. The number of aliphatic carboxylic acids is 1. The number of carbonyl (C=O) groups excluding carboxylic acids is 1. The molecule has 26 heavy (non-hydrogen) atoms. The van der Waals surface area contributed by atoms with Crippen molar-refractivity contribution in [2.24, 2.45) is 5.92 Å². The minimum atomic E-state index is -0.921. The summed E-state index contributed by atoms with van der Waals surface area (Å²) in [6.07, 6.45) is 3.81. The van der Waals surface area contributed by atoms with E-state index in [9.17, 15) is 9.59 Å². The first kappa shape index (κ1) is 19.6. The summed E-state index contributed by atoms with van der Waals surface area (Å²) in [6.45, 7) is 5.27. The second-order valence-electron chi connectivity index (χ2n) is 5.96. The number of aromatic nitrogens is 3. The van der Waals surface area contributed by atoms with Crippen LogP contribution in [0.15, 0.2) is 36.9 Å². The first-order chi connectivity index (χ1) is 12.5. The molecule has 2 aromatic rings. The SMILES string of the molecule is CCOCCCN(CC(C)C(=O)O)C(=O)c1ccc(-n2cnnc2)cc1. The van der Waals surface area contributed by atoms with Crippen LogP contribution < -0.4 is 0 Å². The van der Waals surface area contributed by atoms with Crippen LogP contribution in [0.5, 0.6) is 0 Å². The summed E-state index contributed by atoms with van der Waals surface area (Å²) in [5.41, 5.74) is 1.35. The van der Waals surface area contributed by atoms with Crippen molar-refractivity contribution in [2.75, 3.05) is 26.3 Å². The van der Waals surface area contributed by atoms with Crippen molar-refractivity contribution in [1.82, 2.24) is 19.7 Å². The lowest BCUT2D eigenvalue weighted by molar-refractivity contribution is -0.141. The summed E-state index contributed by atoms with van der Waals surface area (Å²) in [4.78, 5) is 25.6. The van der Waals surface area contributed by atoms with Gasteiger partial charge in [0.15, 0.2) is 0 Å². The Morgan fingerprint density at radius 3 is 2.46 bits per heavy atom. The molecule has 8 nitrogen and oxygen atoms in total. The van der Waals surface area contributed by atoms with Gasteiger partial charge in [0.2, 0.25) is 0 Å². The highest BCUT2D eigenvalue weighted by atomic mass is 16.5. The Morgan fingerprint density at radius 1 is 1.23 bits per heavy atom. The van der Waals surface area contributed by atoms with E-state index in [0.717, 1.165) is 5.69 Å². The molecule has 0 radical (unpaired) electrons. The molecule has 8 heteroatoms. The molecule has 0 bridgehead atoms. The monoisotopic (exact) mass is 360 g/mol. The van der Waals surface area contributed by atoms with Crippen LogP contribution in [0.2, 0.25) is 0 Å². The molecule has 0 aliphatic carbocycles. The molecule has 0 saturated carbocycles. The summed E-state index contributed by atoms with van der Waals surface area (Å²) >= 11 is 0. The van der Waals surface area contributed by atoms with Crippen LogP contribution in [0.25, 0.3) is 5.69 Å². The van der Waals surface area contributed by atoms with Gasteiger partial charge in [0.05, 0.1) is 5.92 Å². The number of carboxylic acid groups (broad SMARTS) is 1. The zero-order valence-corrected chi connectivity index (χ0v) is 15.0. The number of rotatable bonds is 10. The van der Waals surface area contributed by atoms with E-state index in [-0.39, 0.29) is 12.5 Å². The highest BCUT2D eigenvalue weighted by molar-refractivity contribution is 5.94. The lowest BCUT2D eigenvalue weighted by atomic mass is 10.1. The van der Waals surface area contributed by atoms with E-state index in [2.05, 4.69) is 10.2 Å². The molecule has 2 rings (SSSR count). The topological polar surface area (TPSA) is 97.6 Å². The van der Waals surface area contributed by atoms with Gasteiger partial charge in [0.1, 0.15) is 12.7 Å². The van der Waals surface area contributed by atoms with E-state index in [0.29, 0.717) is 31.7 Å². The van der Waals surface area contributed by atoms with E-state index in [1.54, 1.807) is 53.3 Å². The average Bonchev–Trinajstić information content (AvgIpc) is 3.18. The molecule has 1 amide bonds. The van der Waals surface area contributed by atoms with Crippen molar-refractivity contribution in [2.45, 2.75) is 20.3 Å². The molecule has 0 aliphatic heterocycles. The van der Waals surface area contributed by atoms with Crippen LogP contribution in [-0.2, 0) is 9.53 Å². The zero-order chi connectivity index (χ0) is 18.9. The number of ether oxygens (including phenoxy) is 1. The average molecular weight is 360 g/mol. The normalized spacial score (nSPS) is 11.9. The third-order valence-corrected chi connectivity index (χ3v) is 3.96. The number of carboxylic acids is 1. The molecule has 0 spiro atoms. The van der Waals surface area contributed by atoms with Crippen molar-refractivity contribution in [3.8, 4) is 5.69 Å². The van der Waals surface area contributed by atoms with Crippen molar-refractivity contribution >= 4 is 11.9 Å². The van der Waals surface area contributed by atoms with Gasteiger partial charge in [0.25, 0.3) is 5.91 Å². The summed E-state index contributed by atoms with van der Waals surface area (Å²) in [6, 6.07) is 7.04. The Morgan fingerprint density at radius 2 is 1.88 bits per heavy atom. The van der Waals surface area contributed by atoms with Crippen LogP contribution in [0.1, 0.15) is 30.6 Å².